The summed E-state index contributed by atoms with van der Waals surface area (Å²) in [4.78, 5) is 25.6. The van der Waals surface area contributed by atoms with Crippen LogP contribution in [0.3, 0.4) is 0 Å². The van der Waals surface area contributed by atoms with Crippen LogP contribution in [0.2, 0.25) is 0 Å². The molecule has 0 radical (unpaired) electrons. The number of nitrogens with one attached hydrogen (secondary N) is 1. The fraction of sp³-hybridized carbons (Fsp3) is 0.556. The number of carbonyl (C=O) groups is 2. The Hall–Kier alpha value is -1.88. The third-order valence-corrected chi connectivity index (χ3v) is 4.38. The number of amides is 2. The Kier molecular flexibility index (Phi) is 6.16. The molecule has 0 aromatic heterocycles. The summed E-state index contributed by atoms with van der Waals surface area (Å²) in [6.45, 7) is 7.31. The quantitative estimate of drug-likeness (QED) is 0.877. The van der Waals surface area contributed by atoms with Crippen molar-refractivity contribution in [2.24, 2.45) is 0 Å². The van der Waals surface area contributed by atoms with E-state index in [1.54, 1.807) is 4.90 Å². The number of hydrogen-bond donors (Lipinski definition) is 1. The van der Waals surface area contributed by atoms with Crippen LogP contribution in [-0.4, -0.2) is 42.5 Å². The van der Waals surface area contributed by atoms with Crippen LogP contribution in [0.15, 0.2) is 18.2 Å². The molecule has 1 saturated heterocycles. The smallest absolute Gasteiger partial charge is 0.226 e. The largest absolute Gasteiger partial charge is 0.376 e. The van der Waals surface area contributed by atoms with E-state index in [9.17, 15) is 9.59 Å². The minimum Gasteiger partial charge on any atom is -0.376 e. The number of hydrogen-bond acceptors (Lipinski definition) is 3. The summed E-state index contributed by atoms with van der Waals surface area (Å²) < 4.78 is 5.57. The van der Waals surface area contributed by atoms with E-state index in [1.807, 2.05) is 32.0 Å². The van der Waals surface area contributed by atoms with Crippen LogP contribution >= 0.6 is 0 Å². The van der Waals surface area contributed by atoms with E-state index in [0.717, 1.165) is 36.3 Å². The number of nitrogens with zero attached hydrogens (tertiary/aromatic N) is 1. The fourth-order valence-electron chi connectivity index (χ4n) is 2.75. The Bertz CT molecular complexity index is 565. The lowest BCUT2D eigenvalue weighted by Crippen LogP contribution is -2.37. The number of ether oxygens (including phenoxy) is 1. The molecule has 1 N–H and O–H groups in total. The summed E-state index contributed by atoms with van der Waals surface area (Å²) in [6.07, 6.45) is 2.43. The van der Waals surface area contributed by atoms with Gasteiger partial charge in [-0.1, -0.05) is 12.1 Å². The van der Waals surface area contributed by atoms with Gasteiger partial charge < -0.3 is 15.0 Å². The lowest BCUT2D eigenvalue weighted by atomic mass is 10.1. The number of rotatable bonds is 6. The SMILES string of the molecule is CC(=O)N(CCC(=O)Nc1cccc(C)c1C)CC1CCCO1. The van der Waals surface area contributed by atoms with Gasteiger partial charge in [0, 0.05) is 38.7 Å². The van der Waals surface area contributed by atoms with Crippen molar-refractivity contribution in [2.45, 2.75) is 46.1 Å². The van der Waals surface area contributed by atoms with E-state index in [1.165, 1.54) is 6.92 Å². The maximum Gasteiger partial charge on any atom is 0.226 e. The molecule has 1 aromatic rings. The Morgan fingerprint density at radius 3 is 2.78 bits per heavy atom. The topological polar surface area (TPSA) is 58.6 Å². The van der Waals surface area contributed by atoms with E-state index in [2.05, 4.69) is 5.32 Å². The molecule has 0 spiro atoms. The average molecular weight is 318 g/mol. The molecule has 1 fully saturated rings. The second-order valence-corrected chi connectivity index (χ2v) is 6.15. The highest BCUT2D eigenvalue weighted by atomic mass is 16.5. The van der Waals surface area contributed by atoms with Gasteiger partial charge in [-0.3, -0.25) is 9.59 Å². The van der Waals surface area contributed by atoms with Crippen molar-refractivity contribution in [1.82, 2.24) is 4.90 Å². The minimum absolute atomic E-state index is 0.0139. The van der Waals surface area contributed by atoms with Crippen molar-refractivity contribution in [2.75, 3.05) is 25.0 Å². The summed E-state index contributed by atoms with van der Waals surface area (Å²) >= 11 is 0. The van der Waals surface area contributed by atoms with Crippen molar-refractivity contribution < 1.29 is 14.3 Å². The Morgan fingerprint density at radius 2 is 2.13 bits per heavy atom. The molecule has 1 unspecified atom stereocenters. The van der Waals surface area contributed by atoms with Gasteiger partial charge in [-0.05, 0) is 43.9 Å². The standard InChI is InChI=1S/C18H26N2O3/c1-13-6-4-8-17(14(13)2)19-18(22)9-10-20(15(3)21)12-16-7-5-11-23-16/h4,6,8,16H,5,7,9-12H2,1-3H3,(H,19,22). The maximum atomic E-state index is 12.2. The molecule has 2 amide bonds. The highest BCUT2D eigenvalue weighted by Gasteiger charge is 2.21. The van der Waals surface area contributed by atoms with Gasteiger partial charge in [-0.25, -0.2) is 0 Å². The van der Waals surface area contributed by atoms with Crippen LogP contribution in [0, 0.1) is 13.8 Å². The molecule has 2 rings (SSSR count). The first-order valence-electron chi connectivity index (χ1n) is 8.20. The molecule has 126 valence electrons. The predicted octanol–water partition coefficient (Wildman–Crippen LogP) is 2.66. The molecule has 1 aliphatic heterocycles. The normalized spacial score (nSPS) is 17.1. The van der Waals surface area contributed by atoms with Gasteiger partial charge in [-0.15, -0.1) is 0 Å². The van der Waals surface area contributed by atoms with Crippen LogP contribution in [0.25, 0.3) is 0 Å². The Morgan fingerprint density at radius 1 is 1.35 bits per heavy atom. The van der Waals surface area contributed by atoms with Crippen molar-refractivity contribution in [3.63, 3.8) is 0 Å². The maximum absolute atomic E-state index is 12.2. The highest BCUT2D eigenvalue weighted by molar-refractivity contribution is 5.92. The number of aryl methyl sites for hydroxylation is 1. The monoisotopic (exact) mass is 318 g/mol. The molecule has 1 aliphatic rings. The van der Waals surface area contributed by atoms with E-state index in [4.69, 9.17) is 4.74 Å². The van der Waals surface area contributed by atoms with Gasteiger partial charge in [-0.2, -0.15) is 0 Å². The zero-order valence-electron chi connectivity index (χ0n) is 14.2. The lowest BCUT2D eigenvalue weighted by Gasteiger charge is -2.24. The average Bonchev–Trinajstić information content (AvgIpc) is 3.01. The third kappa shape index (κ3) is 5.06. The van der Waals surface area contributed by atoms with Gasteiger partial charge in [0.1, 0.15) is 0 Å². The summed E-state index contributed by atoms with van der Waals surface area (Å²) in [5.74, 6) is -0.0858. The van der Waals surface area contributed by atoms with E-state index in [0.29, 0.717) is 19.5 Å². The van der Waals surface area contributed by atoms with Crippen molar-refractivity contribution in [3.05, 3.63) is 29.3 Å². The molecule has 0 aliphatic carbocycles. The molecule has 1 heterocycles. The van der Waals surface area contributed by atoms with E-state index in [-0.39, 0.29) is 17.9 Å². The molecule has 1 atom stereocenters. The number of anilines is 1. The first kappa shape index (κ1) is 17.5. The molecule has 23 heavy (non-hydrogen) atoms. The number of carbonyl (C=O) groups excluding carboxylic acids is 2. The van der Waals surface area contributed by atoms with Crippen molar-refractivity contribution in [3.8, 4) is 0 Å². The van der Waals surface area contributed by atoms with Crippen LogP contribution in [-0.2, 0) is 14.3 Å². The first-order valence-corrected chi connectivity index (χ1v) is 8.20. The van der Waals surface area contributed by atoms with Crippen LogP contribution in [0.1, 0.15) is 37.3 Å². The zero-order valence-corrected chi connectivity index (χ0v) is 14.2. The molecule has 5 nitrogen and oxygen atoms in total. The van der Waals surface area contributed by atoms with Gasteiger partial charge in [0.15, 0.2) is 0 Å². The summed E-state index contributed by atoms with van der Waals surface area (Å²) in [6, 6.07) is 5.84. The van der Waals surface area contributed by atoms with Crippen molar-refractivity contribution in [1.29, 1.82) is 0 Å². The summed E-state index contributed by atoms with van der Waals surface area (Å²) in [7, 11) is 0. The molecule has 1 aromatic carbocycles. The summed E-state index contributed by atoms with van der Waals surface area (Å²) in [5.41, 5.74) is 3.05. The molecular formula is C18H26N2O3. The van der Waals surface area contributed by atoms with Gasteiger partial charge in [0.05, 0.1) is 6.10 Å². The predicted molar refractivity (Wildman–Crippen MR) is 90.4 cm³/mol. The molecular weight excluding hydrogens is 292 g/mol. The molecule has 0 bridgehead atoms. The van der Waals surface area contributed by atoms with E-state index < -0.39 is 0 Å². The van der Waals surface area contributed by atoms with E-state index >= 15 is 0 Å². The molecule has 0 saturated carbocycles. The van der Waals surface area contributed by atoms with Crippen LogP contribution in [0.4, 0.5) is 5.69 Å². The van der Waals surface area contributed by atoms with Gasteiger partial charge in [0.2, 0.25) is 11.8 Å². The van der Waals surface area contributed by atoms with Crippen molar-refractivity contribution >= 4 is 17.5 Å². The van der Waals surface area contributed by atoms with Gasteiger partial charge in [0.25, 0.3) is 0 Å². The second-order valence-electron chi connectivity index (χ2n) is 6.15. The Balaban J connectivity index is 1.85. The molecule has 5 heteroatoms. The fourth-order valence-corrected chi connectivity index (χ4v) is 2.75. The second kappa shape index (κ2) is 8.11. The highest BCUT2D eigenvalue weighted by Crippen LogP contribution is 2.18. The lowest BCUT2D eigenvalue weighted by molar-refractivity contribution is -0.130. The minimum atomic E-state index is -0.0720. The van der Waals surface area contributed by atoms with Crippen LogP contribution < -0.4 is 5.32 Å². The summed E-state index contributed by atoms with van der Waals surface area (Å²) in [5, 5.41) is 2.93. The third-order valence-electron chi connectivity index (χ3n) is 4.38. The van der Waals surface area contributed by atoms with Gasteiger partial charge >= 0.3 is 0 Å². The first-order chi connectivity index (χ1) is 11.0. The van der Waals surface area contributed by atoms with Crippen LogP contribution in [0.5, 0.6) is 0 Å². The number of benzene rings is 1. The zero-order chi connectivity index (χ0) is 16.8. The Labute approximate surface area is 138 Å².